The summed E-state index contributed by atoms with van der Waals surface area (Å²) in [5.74, 6) is -1.01. The van der Waals surface area contributed by atoms with Crippen molar-refractivity contribution in [2.75, 3.05) is 6.54 Å². The average Bonchev–Trinajstić information content (AvgIpc) is 2.60. The Kier molecular flexibility index (Phi) is 3.85. The van der Waals surface area contributed by atoms with Gasteiger partial charge in [-0.1, -0.05) is 6.42 Å². The number of carbonyl (C=O) groups excluding carboxylic acids is 1. The summed E-state index contributed by atoms with van der Waals surface area (Å²) in [4.78, 5) is 23.0. The molecule has 1 atom stereocenters. The second kappa shape index (κ2) is 5.12. The Balaban J connectivity index is 1.75. The second-order valence-corrected chi connectivity index (χ2v) is 6.46. The first kappa shape index (κ1) is 14.3. The maximum atomic E-state index is 11.8. The summed E-state index contributed by atoms with van der Waals surface area (Å²) in [6.07, 6.45) is 4.22. The molecule has 5 heteroatoms. The molecule has 0 bridgehead atoms. The summed E-state index contributed by atoms with van der Waals surface area (Å²) in [6.45, 7) is 4.57. The van der Waals surface area contributed by atoms with E-state index in [0.717, 1.165) is 19.3 Å². The van der Waals surface area contributed by atoms with E-state index in [2.05, 4.69) is 5.32 Å². The van der Waals surface area contributed by atoms with E-state index in [1.807, 2.05) is 13.8 Å². The van der Waals surface area contributed by atoms with Crippen molar-refractivity contribution in [3.05, 3.63) is 0 Å². The average molecular weight is 269 g/mol. The Morgan fingerprint density at radius 2 is 2.00 bits per heavy atom. The van der Waals surface area contributed by atoms with Gasteiger partial charge >= 0.3 is 5.97 Å². The highest BCUT2D eigenvalue weighted by molar-refractivity contribution is 5.85. The van der Waals surface area contributed by atoms with Gasteiger partial charge in [-0.15, -0.1) is 0 Å². The van der Waals surface area contributed by atoms with Gasteiger partial charge in [0.15, 0.2) is 0 Å². The molecule has 1 amide bonds. The zero-order valence-corrected chi connectivity index (χ0v) is 11.7. The summed E-state index contributed by atoms with van der Waals surface area (Å²) in [6, 6.07) is 0. The number of hydrogen-bond donors (Lipinski definition) is 2. The maximum absolute atomic E-state index is 11.8. The fourth-order valence-electron chi connectivity index (χ4n) is 2.89. The van der Waals surface area contributed by atoms with Crippen LogP contribution in [0.15, 0.2) is 0 Å². The Hall–Kier alpha value is -1.10. The van der Waals surface area contributed by atoms with Crippen LogP contribution in [0, 0.1) is 5.41 Å². The molecule has 2 aliphatic rings. The van der Waals surface area contributed by atoms with E-state index in [9.17, 15) is 14.7 Å². The normalized spacial score (nSPS) is 27.6. The van der Waals surface area contributed by atoms with E-state index in [1.54, 1.807) is 0 Å². The molecule has 0 aromatic heterocycles. The van der Waals surface area contributed by atoms with Gasteiger partial charge < -0.3 is 15.2 Å². The van der Waals surface area contributed by atoms with Crippen LogP contribution in [0.3, 0.4) is 0 Å². The van der Waals surface area contributed by atoms with Gasteiger partial charge in [0.1, 0.15) is 0 Å². The Labute approximate surface area is 113 Å². The van der Waals surface area contributed by atoms with Crippen LogP contribution in [0.2, 0.25) is 0 Å². The molecule has 1 aliphatic heterocycles. The Bertz CT molecular complexity index is 374. The molecule has 0 radical (unpaired) electrons. The molecular formula is C14H23NO4. The van der Waals surface area contributed by atoms with Gasteiger partial charge in [0.25, 0.3) is 0 Å². The van der Waals surface area contributed by atoms with Crippen LogP contribution in [0.25, 0.3) is 0 Å². The number of rotatable bonds is 5. The molecule has 19 heavy (non-hydrogen) atoms. The fraction of sp³-hybridized carbons (Fsp3) is 0.857. The number of ether oxygens (including phenoxy) is 1. The second-order valence-electron chi connectivity index (χ2n) is 6.46. The van der Waals surface area contributed by atoms with Crippen molar-refractivity contribution in [2.24, 2.45) is 5.41 Å². The van der Waals surface area contributed by atoms with E-state index in [-0.39, 0.29) is 24.0 Å². The number of amides is 1. The molecule has 1 unspecified atom stereocenters. The molecule has 1 aliphatic carbocycles. The molecule has 1 heterocycles. The third-order valence-corrected chi connectivity index (χ3v) is 4.34. The van der Waals surface area contributed by atoms with Gasteiger partial charge in [0.2, 0.25) is 5.91 Å². The summed E-state index contributed by atoms with van der Waals surface area (Å²) < 4.78 is 5.79. The zero-order chi connectivity index (χ0) is 14.1. The highest BCUT2D eigenvalue weighted by Crippen LogP contribution is 2.44. The first-order valence-electron chi connectivity index (χ1n) is 7.01. The highest BCUT2D eigenvalue weighted by atomic mass is 16.5. The quantitative estimate of drug-likeness (QED) is 0.796. The minimum atomic E-state index is -0.841. The van der Waals surface area contributed by atoms with Crippen LogP contribution in [-0.2, 0) is 14.3 Å². The van der Waals surface area contributed by atoms with Crippen LogP contribution in [0.5, 0.6) is 0 Å². The predicted octanol–water partition coefficient (Wildman–Crippen LogP) is 1.71. The lowest BCUT2D eigenvalue weighted by atomic mass is 9.66. The minimum absolute atomic E-state index is 0.0566. The van der Waals surface area contributed by atoms with Crippen LogP contribution >= 0.6 is 0 Å². The van der Waals surface area contributed by atoms with Crippen molar-refractivity contribution in [3.8, 4) is 0 Å². The first-order valence-corrected chi connectivity index (χ1v) is 7.01. The van der Waals surface area contributed by atoms with Gasteiger partial charge in [-0.05, 0) is 39.5 Å². The fourth-order valence-corrected chi connectivity index (χ4v) is 2.89. The summed E-state index contributed by atoms with van der Waals surface area (Å²) in [5.41, 5.74) is -0.911. The Morgan fingerprint density at radius 3 is 2.42 bits per heavy atom. The molecule has 108 valence electrons. The largest absolute Gasteiger partial charge is 0.481 e. The predicted molar refractivity (Wildman–Crippen MR) is 69.7 cm³/mol. The molecule has 0 aromatic rings. The van der Waals surface area contributed by atoms with Crippen molar-refractivity contribution in [2.45, 2.75) is 64.1 Å². The van der Waals surface area contributed by atoms with E-state index >= 15 is 0 Å². The molecule has 2 rings (SSSR count). The molecule has 5 nitrogen and oxygen atoms in total. The van der Waals surface area contributed by atoms with Crippen LogP contribution < -0.4 is 5.32 Å². The van der Waals surface area contributed by atoms with E-state index in [4.69, 9.17) is 4.74 Å². The molecule has 0 aromatic carbocycles. The maximum Gasteiger partial charge on any atom is 0.310 e. The standard InChI is InChI=1S/C14H23NO4/c1-13(2)7-4-10(19-13)9-15-11(16)8-14(12(17)18)5-3-6-14/h10H,3-9H2,1-2H3,(H,15,16)(H,17,18). The topological polar surface area (TPSA) is 75.6 Å². The van der Waals surface area contributed by atoms with E-state index in [1.165, 1.54) is 0 Å². The molecule has 2 fully saturated rings. The van der Waals surface area contributed by atoms with E-state index in [0.29, 0.717) is 19.4 Å². The molecule has 0 spiro atoms. The number of nitrogens with one attached hydrogen (secondary N) is 1. The number of aliphatic carboxylic acids is 1. The molecule has 2 N–H and O–H groups in total. The summed E-state index contributed by atoms with van der Waals surface area (Å²) in [7, 11) is 0. The van der Waals surface area contributed by atoms with E-state index < -0.39 is 11.4 Å². The van der Waals surface area contributed by atoms with Crippen molar-refractivity contribution in [1.82, 2.24) is 5.32 Å². The van der Waals surface area contributed by atoms with Crippen LogP contribution in [0.4, 0.5) is 0 Å². The van der Waals surface area contributed by atoms with Gasteiger partial charge in [0.05, 0.1) is 17.1 Å². The minimum Gasteiger partial charge on any atom is -0.481 e. The highest BCUT2D eigenvalue weighted by Gasteiger charge is 2.46. The van der Waals surface area contributed by atoms with Gasteiger partial charge in [0, 0.05) is 13.0 Å². The number of carboxylic acids is 1. The lowest BCUT2D eigenvalue weighted by Gasteiger charge is -2.37. The van der Waals surface area contributed by atoms with Gasteiger partial charge in [-0.2, -0.15) is 0 Å². The van der Waals surface area contributed by atoms with Crippen LogP contribution in [-0.4, -0.2) is 35.2 Å². The smallest absolute Gasteiger partial charge is 0.310 e. The monoisotopic (exact) mass is 269 g/mol. The number of carboxylic acid groups (broad SMARTS) is 1. The third-order valence-electron chi connectivity index (χ3n) is 4.34. The molecule has 1 saturated heterocycles. The van der Waals surface area contributed by atoms with Crippen molar-refractivity contribution in [3.63, 3.8) is 0 Å². The van der Waals surface area contributed by atoms with Gasteiger partial charge in [-0.3, -0.25) is 9.59 Å². The summed E-state index contributed by atoms with van der Waals surface area (Å²) >= 11 is 0. The first-order chi connectivity index (χ1) is 8.83. The van der Waals surface area contributed by atoms with Crippen molar-refractivity contribution >= 4 is 11.9 Å². The number of hydrogen-bond acceptors (Lipinski definition) is 3. The Morgan fingerprint density at radius 1 is 1.32 bits per heavy atom. The SMILES string of the molecule is CC1(C)CCC(CNC(=O)CC2(C(=O)O)CCC2)O1. The zero-order valence-electron chi connectivity index (χ0n) is 11.7. The van der Waals surface area contributed by atoms with Crippen LogP contribution in [0.1, 0.15) is 52.4 Å². The van der Waals surface area contributed by atoms with Crippen molar-refractivity contribution in [1.29, 1.82) is 0 Å². The summed E-state index contributed by atoms with van der Waals surface area (Å²) in [5, 5.41) is 12.0. The molecule has 1 saturated carbocycles. The lowest BCUT2D eigenvalue weighted by Crippen LogP contribution is -2.43. The lowest BCUT2D eigenvalue weighted by molar-refractivity contribution is -0.157. The van der Waals surface area contributed by atoms with Gasteiger partial charge in [-0.25, -0.2) is 0 Å². The third kappa shape index (κ3) is 3.26. The van der Waals surface area contributed by atoms with Crippen molar-refractivity contribution < 1.29 is 19.4 Å². The number of carbonyl (C=O) groups is 2. The molecular weight excluding hydrogens is 246 g/mol.